The highest BCUT2D eigenvalue weighted by Gasteiger charge is 2.43. The van der Waals surface area contributed by atoms with Crippen molar-refractivity contribution < 1.29 is 19.4 Å². The maximum absolute atomic E-state index is 12.4. The standard InChI is InChI=1S/C32H34N6O4/c1-36-12-4-6-23(36)18-42-32-34-28-14-20(27-15-24(39)13-19-5-2-3-7-25(19)27)8-11-26(28)30(35-32)38-21-9-10-22(38)17-37(16-21)31(41)29(33)40/h2-3,5,7-8,11,13-15,21-23,39H,4,6,9-10,12,16-18H2,1H3,(H2,33,40)/t21?,22?,23-/m0/s1. The number of fused-ring (bicyclic) bond motifs is 4. The first kappa shape index (κ1) is 26.5. The van der Waals surface area contributed by atoms with Gasteiger partial charge in [0.25, 0.3) is 0 Å². The van der Waals surface area contributed by atoms with Crippen molar-refractivity contribution in [2.45, 2.75) is 43.8 Å². The van der Waals surface area contributed by atoms with Crippen LogP contribution in [0, 0.1) is 0 Å². The molecular formula is C32H34N6O4. The van der Waals surface area contributed by atoms with Gasteiger partial charge in [-0.15, -0.1) is 0 Å². The zero-order valence-electron chi connectivity index (χ0n) is 23.6. The van der Waals surface area contributed by atoms with Crippen LogP contribution in [0.25, 0.3) is 32.8 Å². The lowest BCUT2D eigenvalue weighted by Gasteiger charge is -2.41. The predicted octanol–water partition coefficient (Wildman–Crippen LogP) is 3.29. The Kier molecular flexibility index (Phi) is 6.57. The van der Waals surface area contributed by atoms with Crippen LogP contribution in [0.3, 0.4) is 0 Å². The van der Waals surface area contributed by atoms with Gasteiger partial charge in [0.2, 0.25) is 0 Å². The van der Waals surface area contributed by atoms with Crippen molar-refractivity contribution in [3.63, 3.8) is 0 Å². The second-order valence-electron chi connectivity index (χ2n) is 11.7. The Bertz CT molecular complexity index is 1700. The maximum atomic E-state index is 12.4. The average Bonchev–Trinajstić information content (AvgIpc) is 3.52. The monoisotopic (exact) mass is 566 g/mol. The SMILES string of the molecule is CN1CCC[C@H]1COc1nc(N2C3CCC2CN(C(=O)C(N)=O)C3)c2ccc(-c3cc(O)cc4ccccc34)cc2n1. The van der Waals surface area contributed by atoms with Gasteiger partial charge in [0.05, 0.1) is 5.52 Å². The van der Waals surface area contributed by atoms with Crippen molar-refractivity contribution in [2.75, 3.05) is 38.2 Å². The number of nitrogens with two attached hydrogens (primary N) is 1. The number of primary amides is 1. The summed E-state index contributed by atoms with van der Waals surface area (Å²) in [7, 11) is 2.12. The second-order valence-corrected chi connectivity index (χ2v) is 11.7. The fourth-order valence-corrected chi connectivity index (χ4v) is 6.99. The zero-order chi connectivity index (χ0) is 29.0. The van der Waals surface area contributed by atoms with Gasteiger partial charge in [-0.2, -0.15) is 9.97 Å². The van der Waals surface area contributed by atoms with Crippen LogP contribution in [0.4, 0.5) is 5.82 Å². The number of ether oxygens (including phenoxy) is 1. The first-order valence-corrected chi connectivity index (χ1v) is 14.6. The quantitative estimate of drug-likeness (QED) is 0.353. The molecule has 3 saturated heterocycles. The largest absolute Gasteiger partial charge is 0.508 e. The molecule has 3 fully saturated rings. The molecule has 0 radical (unpaired) electrons. The van der Waals surface area contributed by atoms with E-state index in [1.807, 2.05) is 36.4 Å². The molecule has 0 aliphatic carbocycles. The second kappa shape index (κ2) is 10.4. The molecule has 0 saturated carbocycles. The van der Waals surface area contributed by atoms with E-state index in [1.165, 1.54) is 0 Å². The summed E-state index contributed by atoms with van der Waals surface area (Å²) >= 11 is 0. The van der Waals surface area contributed by atoms with Gasteiger partial charge in [0.15, 0.2) is 0 Å². The van der Waals surface area contributed by atoms with E-state index in [4.69, 9.17) is 20.4 Å². The predicted molar refractivity (Wildman–Crippen MR) is 160 cm³/mol. The van der Waals surface area contributed by atoms with Crippen LogP contribution < -0.4 is 15.4 Å². The Labute approximate surface area is 243 Å². The molecule has 4 heterocycles. The molecular weight excluding hydrogens is 532 g/mol. The molecule has 10 nitrogen and oxygen atoms in total. The fourth-order valence-electron chi connectivity index (χ4n) is 6.99. The number of piperazine rings is 1. The van der Waals surface area contributed by atoms with Gasteiger partial charge < -0.3 is 30.3 Å². The number of rotatable bonds is 5. The molecule has 2 amide bonds. The summed E-state index contributed by atoms with van der Waals surface area (Å²) in [5, 5.41) is 13.4. The Balaban J connectivity index is 1.31. The smallest absolute Gasteiger partial charge is 0.319 e. The van der Waals surface area contributed by atoms with Crippen molar-refractivity contribution in [1.82, 2.24) is 19.8 Å². The Morgan fingerprint density at radius 1 is 1.00 bits per heavy atom. The number of phenolic OH excluding ortho intramolecular Hbond substituents is 1. The fraction of sp³-hybridized carbons (Fsp3) is 0.375. The number of phenols is 1. The average molecular weight is 567 g/mol. The third-order valence-corrected chi connectivity index (χ3v) is 9.11. The van der Waals surface area contributed by atoms with E-state index in [9.17, 15) is 14.7 Å². The van der Waals surface area contributed by atoms with Crippen molar-refractivity contribution in [2.24, 2.45) is 5.73 Å². The molecule has 7 rings (SSSR count). The van der Waals surface area contributed by atoms with E-state index < -0.39 is 11.8 Å². The summed E-state index contributed by atoms with van der Waals surface area (Å²) in [5.41, 5.74) is 7.91. The van der Waals surface area contributed by atoms with Gasteiger partial charge in [0, 0.05) is 36.6 Å². The van der Waals surface area contributed by atoms with E-state index >= 15 is 0 Å². The first-order chi connectivity index (χ1) is 20.4. The lowest BCUT2D eigenvalue weighted by molar-refractivity contribution is -0.144. The minimum absolute atomic E-state index is 0.00801. The Morgan fingerprint density at radius 2 is 1.79 bits per heavy atom. The molecule has 216 valence electrons. The van der Waals surface area contributed by atoms with E-state index in [0.717, 1.165) is 70.8 Å². The Morgan fingerprint density at radius 3 is 2.52 bits per heavy atom. The number of anilines is 1. The first-order valence-electron chi connectivity index (χ1n) is 14.6. The summed E-state index contributed by atoms with van der Waals surface area (Å²) in [4.78, 5) is 40.0. The van der Waals surface area contributed by atoms with Crippen molar-refractivity contribution in [3.05, 3.63) is 54.6 Å². The van der Waals surface area contributed by atoms with Gasteiger partial charge >= 0.3 is 17.8 Å². The van der Waals surface area contributed by atoms with Crippen LogP contribution in [0.2, 0.25) is 0 Å². The Hall–Kier alpha value is -4.44. The summed E-state index contributed by atoms with van der Waals surface area (Å²) in [6.07, 6.45) is 3.99. The zero-order valence-corrected chi connectivity index (χ0v) is 23.6. The number of likely N-dealkylation sites (N-methyl/N-ethyl adjacent to an activating group) is 1. The van der Waals surface area contributed by atoms with Gasteiger partial charge in [-0.1, -0.05) is 30.3 Å². The lowest BCUT2D eigenvalue weighted by atomic mass is 9.97. The van der Waals surface area contributed by atoms with Gasteiger partial charge in [0.1, 0.15) is 18.2 Å². The molecule has 3 aromatic carbocycles. The van der Waals surface area contributed by atoms with Crippen LogP contribution in [0.1, 0.15) is 25.7 Å². The minimum Gasteiger partial charge on any atom is -0.508 e. The highest BCUT2D eigenvalue weighted by atomic mass is 16.5. The lowest BCUT2D eigenvalue weighted by Crippen LogP contribution is -2.57. The number of aromatic nitrogens is 2. The maximum Gasteiger partial charge on any atom is 0.319 e. The van der Waals surface area contributed by atoms with E-state index in [2.05, 4.69) is 22.9 Å². The van der Waals surface area contributed by atoms with E-state index in [1.54, 1.807) is 17.0 Å². The third kappa shape index (κ3) is 4.65. The number of amides is 2. The summed E-state index contributed by atoms with van der Waals surface area (Å²) in [5.74, 6) is -0.570. The minimum atomic E-state index is -0.921. The van der Waals surface area contributed by atoms with Crippen LogP contribution in [-0.4, -0.2) is 88.1 Å². The van der Waals surface area contributed by atoms with Crippen LogP contribution in [0.15, 0.2) is 54.6 Å². The number of hydrogen-bond donors (Lipinski definition) is 2. The summed E-state index contributed by atoms with van der Waals surface area (Å²) in [6.45, 7) is 2.39. The number of benzene rings is 3. The summed E-state index contributed by atoms with van der Waals surface area (Å²) < 4.78 is 6.26. The number of carbonyl (C=O) groups excluding carboxylic acids is 2. The molecule has 1 aromatic heterocycles. The van der Waals surface area contributed by atoms with Gasteiger partial charge in [-0.05, 0) is 85.4 Å². The topological polar surface area (TPSA) is 125 Å². The number of carbonyl (C=O) groups is 2. The molecule has 4 aromatic rings. The van der Waals surface area contributed by atoms with Crippen molar-refractivity contribution in [1.29, 1.82) is 0 Å². The van der Waals surface area contributed by atoms with E-state index in [-0.39, 0.29) is 17.8 Å². The molecule has 42 heavy (non-hydrogen) atoms. The van der Waals surface area contributed by atoms with Crippen LogP contribution in [-0.2, 0) is 9.59 Å². The molecule has 3 aliphatic rings. The molecule has 3 atom stereocenters. The number of aromatic hydroxyl groups is 1. The molecule has 2 bridgehead atoms. The van der Waals surface area contributed by atoms with Crippen molar-refractivity contribution in [3.8, 4) is 22.9 Å². The number of hydrogen-bond acceptors (Lipinski definition) is 8. The van der Waals surface area contributed by atoms with E-state index in [0.29, 0.717) is 31.7 Å². The van der Waals surface area contributed by atoms with Gasteiger partial charge in [-0.25, -0.2) is 0 Å². The summed E-state index contributed by atoms with van der Waals surface area (Å²) in [6, 6.07) is 18.3. The number of nitrogens with zero attached hydrogens (tertiary/aromatic N) is 5. The molecule has 3 aliphatic heterocycles. The molecule has 10 heteroatoms. The number of likely N-dealkylation sites (tertiary alicyclic amines) is 2. The highest BCUT2D eigenvalue weighted by Crippen LogP contribution is 2.40. The molecule has 3 N–H and O–H groups in total. The molecule has 0 spiro atoms. The molecule has 2 unspecified atom stereocenters. The van der Waals surface area contributed by atoms with Crippen LogP contribution >= 0.6 is 0 Å². The normalized spacial score (nSPS) is 22.3. The highest BCUT2D eigenvalue weighted by molar-refractivity contribution is 6.34. The van der Waals surface area contributed by atoms with Crippen molar-refractivity contribution >= 4 is 39.3 Å². The third-order valence-electron chi connectivity index (χ3n) is 9.11. The van der Waals surface area contributed by atoms with Crippen LogP contribution in [0.5, 0.6) is 11.8 Å². The van der Waals surface area contributed by atoms with Gasteiger partial charge in [-0.3, -0.25) is 9.59 Å².